The van der Waals surface area contributed by atoms with Gasteiger partial charge in [-0.25, -0.2) is 4.39 Å². The lowest BCUT2D eigenvalue weighted by Crippen LogP contribution is -2.22. The van der Waals surface area contributed by atoms with Crippen molar-refractivity contribution >= 4 is 23.1 Å². The van der Waals surface area contributed by atoms with Crippen LogP contribution in [0.4, 0.5) is 10.1 Å². The molecule has 0 aliphatic rings. The summed E-state index contributed by atoms with van der Waals surface area (Å²) in [5, 5.41) is 8.10. The van der Waals surface area contributed by atoms with E-state index in [1.807, 2.05) is 30.1 Å². The molecule has 0 radical (unpaired) electrons. The minimum Gasteiger partial charge on any atom is -0.384 e. The molecule has 0 heterocycles. The fourth-order valence-electron chi connectivity index (χ4n) is 2.04. The van der Waals surface area contributed by atoms with Crippen LogP contribution < -0.4 is 10.6 Å². The topological polar surface area (TPSA) is 53.1 Å². The summed E-state index contributed by atoms with van der Waals surface area (Å²) in [7, 11) is 1.85. The molecule has 0 aliphatic heterocycles. The molecule has 0 spiro atoms. The summed E-state index contributed by atoms with van der Waals surface area (Å²) in [5.41, 5.74) is 7.70. The Hall–Kier alpha value is -2.07. The highest BCUT2D eigenvalue weighted by molar-refractivity contribution is 6.31. The number of nitrogen functional groups attached to an aromatic ring is 1. The van der Waals surface area contributed by atoms with E-state index in [0.717, 1.165) is 5.69 Å². The van der Waals surface area contributed by atoms with Crippen LogP contribution in [0.25, 0.3) is 0 Å². The molecule has 0 atom stereocenters. The fourth-order valence-corrected chi connectivity index (χ4v) is 2.22. The van der Waals surface area contributed by atoms with Gasteiger partial charge in [0.2, 0.25) is 0 Å². The smallest absolute Gasteiger partial charge is 0.124 e. The summed E-state index contributed by atoms with van der Waals surface area (Å²) in [6.45, 7) is 0.431. The Morgan fingerprint density at radius 1 is 1.30 bits per heavy atom. The van der Waals surface area contributed by atoms with Crippen LogP contribution in [0.5, 0.6) is 0 Å². The van der Waals surface area contributed by atoms with Crippen molar-refractivity contribution in [2.75, 3.05) is 11.9 Å². The Morgan fingerprint density at radius 2 is 2.00 bits per heavy atom. The number of hydrogen-bond donors (Lipinski definition) is 2. The summed E-state index contributed by atoms with van der Waals surface area (Å²) in [4.78, 5) is 1.89. The van der Waals surface area contributed by atoms with Crippen LogP contribution in [-0.4, -0.2) is 12.9 Å². The molecule has 5 heteroatoms. The molecular weight excluding hydrogens is 277 g/mol. The number of nitrogens with two attached hydrogens (primary N) is 1. The van der Waals surface area contributed by atoms with Crippen molar-refractivity contribution in [2.24, 2.45) is 5.73 Å². The van der Waals surface area contributed by atoms with Gasteiger partial charge in [0.25, 0.3) is 0 Å². The normalized spacial score (nSPS) is 10.3. The number of anilines is 1. The van der Waals surface area contributed by atoms with E-state index in [-0.39, 0.29) is 11.7 Å². The van der Waals surface area contributed by atoms with Gasteiger partial charge in [-0.2, -0.15) is 0 Å². The van der Waals surface area contributed by atoms with Gasteiger partial charge in [-0.1, -0.05) is 23.7 Å². The number of nitrogens with zero attached hydrogens (tertiary/aromatic N) is 1. The molecule has 0 fully saturated rings. The summed E-state index contributed by atoms with van der Waals surface area (Å²) in [5.74, 6) is -0.324. The van der Waals surface area contributed by atoms with Crippen molar-refractivity contribution in [2.45, 2.75) is 6.54 Å². The van der Waals surface area contributed by atoms with Crippen LogP contribution in [0.3, 0.4) is 0 Å². The first-order valence-electron chi connectivity index (χ1n) is 6.07. The maximum absolute atomic E-state index is 13.3. The Labute approximate surface area is 122 Å². The van der Waals surface area contributed by atoms with Gasteiger partial charge in [-0.3, -0.25) is 5.41 Å². The fraction of sp³-hybridized carbons (Fsp3) is 0.133. The molecule has 2 aromatic carbocycles. The monoisotopic (exact) mass is 291 g/mol. The molecule has 0 saturated heterocycles. The van der Waals surface area contributed by atoms with Gasteiger partial charge >= 0.3 is 0 Å². The molecule has 0 bridgehead atoms. The second kappa shape index (κ2) is 5.92. The third-order valence-electron chi connectivity index (χ3n) is 3.02. The number of nitrogens with one attached hydrogen (secondary N) is 1. The van der Waals surface area contributed by atoms with Crippen molar-refractivity contribution in [3.05, 3.63) is 64.4 Å². The standard InChI is InChI=1S/C15H15ClFN3/c1-20(9-10-8-11(17)6-7-13(10)16)14-5-3-2-4-12(14)15(18)19/h2-8H,9H2,1H3,(H3,18,19). The van der Waals surface area contributed by atoms with E-state index in [2.05, 4.69) is 0 Å². The number of amidine groups is 1. The lowest BCUT2D eigenvalue weighted by atomic mass is 10.1. The Bertz CT molecular complexity index is 643. The van der Waals surface area contributed by atoms with E-state index in [4.69, 9.17) is 22.7 Å². The second-order valence-corrected chi connectivity index (χ2v) is 4.93. The highest BCUT2D eigenvalue weighted by atomic mass is 35.5. The first kappa shape index (κ1) is 14.3. The van der Waals surface area contributed by atoms with Gasteiger partial charge in [0, 0.05) is 29.9 Å². The molecule has 104 valence electrons. The maximum atomic E-state index is 13.3. The average molecular weight is 292 g/mol. The molecule has 0 unspecified atom stereocenters. The second-order valence-electron chi connectivity index (χ2n) is 4.52. The molecule has 0 aromatic heterocycles. The van der Waals surface area contributed by atoms with Crippen LogP contribution in [-0.2, 0) is 6.54 Å². The van der Waals surface area contributed by atoms with Crippen LogP contribution in [0.15, 0.2) is 42.5 Å². The Kier molecular flexibility index (Phi) is 4.25. The molecule has 0 aliphatic carbocycles. The minimum atomic E-state index is -0.322. The molecule has 3 nitrogen and oxygen atoms in total. The van der Waals surface area contributed by atoms with Crippen molar-refractivity contribution in [1.29, 1.82) is 5.41 Å². The van der Waals surface area contributed by atoms with E-state index in [1.54, 1.807) is 6.07 Å². The van der Waals surface area contributed by atoms with Gasteiger partial charge in [-0.15, -0.1) is 0 Å². The van der Waals surface area contributed by atoms with Gasteiger partial charge in [0.15, 0.2) is 0 Å². The predicted molar refractivity (Wildman–Crippen MR) is 81.0 cm³/mol. The SMILES string of the molecule is CN(Cc1cc(F)ccc1Cl)c1ccccc1C(=N)N. The van der Waals surface area contributed by atoms with Gasteiger partial charge in [0.1, 0.15) is 11.7 Å². The van der Waals surface area contributed by atoms with Crippen LogP contribution in [0, 0.1) is 11.2 Å². The zero-order valence-electron chi connectivity index (χ0n) is 11.0. The van der Waals surface area contributed by atoms with Crippen LogP contribution >= 0.6 is 11.6 Å². The number of hydrogen-bond acceptors (Lipinski definition) is 2. The highest BCUT2D eigenvalue weighted by Gasteiger charge is 2.11. The summed E-state index contributed by atoms with van der Waals surface area (Å²) in [6.07, 6.45) is 0. The predicted octanol–water partition coefficient (Wildman–Crippen LogP) is 3.40. The maximum Gasteiger partial charge on any atom is 0.124 e. The van der Waals surface area contributed by atoms with E-state index in [0.29, 0.717) is 22.7 Å². The van der Waals surface area contributed by atoms with Crippen molar-refractivity contribution in [3.63, 3.8) is 0 Å². The molecule has 2 rings (SSSR count). The Balaban J connectivity index is 2.31. The first-order valence-corrected chi connectivity index (χ1v) is 6.45. The van der Waals surface area contributed by atoms with Crippen molar-refractivity contribution < 1.29 is 4.39 Å². The number of para-hydroxylation sites is 1. The molecular formula is C15H15ClFN3. The van der Waals surface area contributed by atoms with Gasteiger partial charge in [-0.05, 0) is 35.9 Å². The van der Waals surface area contributed by atoms with E-state index < -0.39 is 0 Å². The first-order chi connectivity index (χ1) is 9.49. The third kappa shape index (κ3) is 3.08. The number of rotatable bonds is 4. The van der Waals surface area contributed by atoms with E-state index in [9.17, 15) is 4.39 Å². The summed E-state index contributed by atoms with van der Waals surface area (Å²) >= 11 is 6.07. The zero-order valence-corrected chi connectivity index (χ0v) is 11.8. The van der Waals surface area contributed by atoms with Crippen molar-refractivity contribution in [3.8, 4) is 0 Å². The number of halogens is 2. The largest absolute Gasteiger partial charge is 0.384 e. The third-order valence-corrected chi connectivity index (χ3v) is 3.39. The molecule has 20 heavy (non-hydrogen) atoms. The zero-order chi connectivity index (χ0) is 14.7. The molecule has 0 saturated carbocycles. The average Bonchev–Trinajstić information content (AvgIpc) is 2.42. The molecule has 0 amide bonds. The van der Waals surface area contributed by atoms with Gasteiger partial charge in [0.05, 0.1) is 0 Å². The van der Waals surface area contributed by atoms with Crippen molar-refractivity contribution in [1.82, 2.24) is 0 Å². The van der Waals surface area contributed by atoms with Gasteiger partial charge < -0.3 is 10.6 Å². The summed E-state index contributed by atoms with van der Waals surface area (Å²) in [6, 6.07) is 11.6. The van der Waals surface area contributed by atoms with E-state index in [1.165, 1.54) is 18.2 Å². The minimum absolute atomic E-state index is 0.00205. The molecule has 2 aromatic rings. The Morgan fingerprint density at radius 3 is 2.70 bits per heavy atom. The lowest BCUT2D eigenvalue weighted by Gasteiger charge is -2.22. The lowest BCUT2D eigenvalue weighted by molar-refractivity contribution is 0.625. The highest BCUT2D eigenvalue weighted by Crippen LogP contribution is 2.24. The number of benzene rings is 2. The van der Waals surface area contributed by atoms with Crippen LogP contribution in [0.1, 0.15) is 11.1 Å². The van der Waals surface area contributed by atoms with Crippen LogP contribution in [0.2, 0.25) is 5.02 Å². The molecule has 3 N–H and O–H groups in total. The van der Waals surface area contributed by atoms with E-state index >= 15 is 0 Å². The quantitative estimate of drug-likeness (QED) is 0.670. The summed E-state index contributed by atoms with van der Waals surface area (Å²) < 4.78 is 13.3.